The van der Waals surface area contributed by atoms with Crippen LogP contribution in [0.4, 0.5) is 0 Å². The summed E-state index contributed by atoms with van der Waals surface area (Å²) in [6.45, 7) is 9.55. The molecule has 2 aromatic rings. The number of hydrogen-bond donors (Lipinski definition) is 0. The molecule has 0 atom stereocenters. The van der Waals surface area contributed by atoms with E-state index in [0.717, 1.165) is 40.9 Å². The molecular weight excluding hydrogens is 298 g/mol. The van der Waals surface area contributed by atoms with Crippen LogP contribution in [-0.4, -0.2) is 53.1 Å². The largest absolute Gasteiger partial charge is 0.379 e. The molecule has 0 radical (unpaired) electrons. The fourth-order valence-corrected chi connectivity index (χ4v) is 3.74. The number of rotatable bonds is 4. The molecule has 0 spiro atoms. The summed E-state index contributed by atoms with van der Waals surface area (Å²) < 4.78 is 7.40. The van der Waals surface area contributed by atoms with Crippen molar-refractivity contribution in [3.8, 4) is 5.13 Å². The van der Waals surface area contributed by atoms with Crippen molar-refractivity contribution < 1.29 is 9.53 Å². The molecule has 0 N–H and O–H groups in total. The first-order valence-corrected chi connectivity index (χ1v) is 8.39. The van der Waals surface area contributed by atoms with E-state index in [1.807, 2.05) is 32.2 Å². The number of aryl methyl sites for hydroxylation is 2. The molecule has 22 heavy (non-hydrogen) atoms. The Labute approximate surface area is 134 Å². The highest BCUT2D eigenvalue weighted by Gasteiger charge is 2.21. The van der Waals surface area contributed by atoms with Crippen LogP contribution in [0.25, 0.3) is 5.13 Å². The van der Waals surface area contributed by atoms with Gasteiger partial charge in [-0.25, -0.2) is 4.98 Å². The van der Waals surface area contributed by atoms with Crippen LogP contribution in [0.15, 0.2) is 11.4 Å². The average Bonchev–Trinajstić information content (AvgIpc) is 3.03. The van der Waals surface area contributed by atoms with Crippen LogP contribution in [0.2, 0.25) is 0 Å². The van der Waals surface area contributed by atoms with Crippen molar-refractivity contribution in [2.75, 3.05) is 32.8 Å². The molecule has 5 nitrogen and oxygen atoms in total. The van der Waals surface area contributed by atoms with E-state index < -0.39 is 0 Å². The number of carbonyl (C=O) groups is 1. The summed E-state index contributed by atoms with van der Waals surface area (Å²) in [4.78, 5) is 19.3. The lowest BCUT2D eigenvalue weighted by atomic mass is 10.1. The summed E-state index contributed by atoms with van der Waals surface area (Å²) in [5, 5.41) is 2.96. The summed E-state index contributed by atoms with van der Waals surface area (Å²) in [5.41, 5.74) is 3.84. The Bertz CT molecular complexity index is 684. The van der Waals surface area contributed by atoms with Crippen molar-refractivity contribution in [2.45, 2.75) is 20.8 Å². The fraction of sp³-hybridized carbons (Fsp3) is 0.500. The number of morpholine rings is 1. The maximum atomic E-state index is 12.6. The zero-order chi connectivity index (χ0) is 15.7. The third-order valence-electron chi connectivity index (χ3n) is 4.00. The van der Waals surface area contributed by atoms with E-state index in [9.17, 15) is 4.79 Å². The van der Waals surface area contributed by atoms with Crippen molar-refractivity contribution in [3.63, 3.8) is 0 Å². The lowest BCUT2D eigenvalue weighted by Gasteiger charge is -2.25. The van der Waals surface area contributed by atoms with Crippen molar-refractivity contribution in [1.82, 2.24) is 14.5 Å². The molecule has 0 amide bonds. The zero-order valence-electron chi connectivity index (χ0n) is 13.3. The average molecular weight is 319 g/mol. The maximum absolute atomic E-state index is 12.6. The molecule has 0 aliphatic carbocycles. The van der Waals surface area contributed by atoms with Crippen molar-refractivity contribution in [1.29, 1.82) is 0 Å². The van der Waals surface area contributed by atoms with Gasteiger partial charge in [0.05, 0.1) is 25.5 Å². The second kappa shape index (κ2) is 6.32. The minimum Gasteiger partial charge on any atom is -0.379 e. The predicted octanol–water partition coefficient (Wildman–Crippen LogP) is 2.37. The highest BCUT2D eigenvalue weighted by atomic mass is 32.1. The molecule has 2 aromatic heterocycles. The number of carbonyl (C=O) groups excluding carboxylic acids is 1. The van der Waals surface area contributed by atoms with Crippen LogP contribution in [-0.2, 0) is 4.74 Å². The van der Waals surface area contributed by atoms with Gasteiger partial charge in [0.25, 0.3) is 0 Å². The maximum Gasteiger partial charge on any atom is 0.194 e. The predicted molar refractivity (Wildman–Crippen MR) is 87.2 cm³/mol. The molecule has 0 unspecified atom stereocenters. The highest BCUT2D eigenvalue weighted by Crippen LogP contribution is 2.24. The van der Waals surface area contributed by atoms with Crippen LogP contribution in [0.1, 0.15) is 27.4 Å². The van der Waals surface area contributed by atoms with Gasteiger partial charge in [0.2, 0.25) is 0 Å². The Kier molecular flexibility index (Phi) is 4.42. The molecule has 1 aliphatic rings. The van der Waals surface area contributed by atoms with Gasteiger partial charge in [0.15, 0.2) is 10.9 Å². The highest BCUT2D eigenvalue weighted by molar-refractivity contribution is 7.12. The van der Waals surface area contributed by atoms with Crippen LogP contribution in [0, 0.1) is 20.8 Å². The van der Waals surface area contributed by atoms with Crippen LogP contribution in [0.5, 0.6) is 0 Å². The van der Waals surface area contributed by atoms with E-state index in [0.29, 0.717) is 19.8 Å². The van der Waals surface area contributed by atoms with E-state index in [1.54, 1.807) is 11.3 Å². The number of ether oxygens (including phenoxy) is 1. The first-order valence-electron chi connectivity index (χ1n) is 7.51. The van der Waals surface area contributed by atoms with Crippen LogP contribution in [0.3, 0.4) is 0 Å². The SMILES string of the molecule is Cc1csc(-n2c(C)cc(C(=O)CN3CCOCC3)c2C)n1. The normalized spacial score (nSPS) is 16.1. The number of Topliss-reactive ketones (excluding diaryl/α,β-unsaturated/α-hetero) is 1. The molecule has 1 fully saturated rings. The molecule has 3 rings (SSSR count). The Hall–Kier alpha value is -1.50. The van der Waals surface area contributed by atoms with Gasteiger partial charge in [-0.2, -0.15) is 0 Å². The number of hydrogen-bond acceptors (Lipinski definition) is 5. The summed E-state index contributed by atoms with van der Waals surface area (Å²) in [7, 11) is 0. The molecule has 118 valence electrons. The third kappa shape index (κ3) is 2.99. The number of thiazole rings is 1. The molecule has 1 aliphatic heterocycles. The smallest absolute Gasteiger partial charge is 0.194 e. The van der Waals surface area contributed by atoms with Gasteiger partial charge in [-0.15, -0.1) is 11.3 Å². The lowest BCUT2D eigenvalue weighted by Crippen LogP contribution is -2.39. The molecule has 6 heteroatoms. The Morgan fingerprint density at radius 2 is 2.05 bits per heavy atom. The molecule has 0 aromatic carbocycles. The summed E-state index contributed by atoms with van der Waals surface area (Å²) in [6, 6.07) is 1.98. The van der Waals surface area contributed by atoms with Crippen molar-refractivity contribution in [2.24, 2.45) is 0 Å². The van der Waals surface area contributed by atoms with E-state index in [1.165, 1.54) is 0 Å². The summed E-state index contributed by atoms with van der Waals surface area (Å²) in [6.07, 6.45) is 0. The van der Waals surface area contributed by atoms with Gasteiger partial charge < -0.3 is 4.74 Å². The van der Waals surface area contributed by atoms with Gasteiger partial charge in [-0.1, -0.05) is 0 Å². The second-order valence-corrected chi connectivity index (χ2v) is 6.54. The first kappa shape index (κ1) is 15.4. The third-order valence-corrected chi connectivity index (χ3v) is 4.94. The number of nitrogens with zero attached hydrogens (tertiary/aromatic N) is 3. The number of aromatic nitrogens is 2. The monoisotopic (exact) mass is 319 g/mol. The first-order chi connectivity index (χ1) is 10.6. The van der Waals surface area contributed by atoms with Gasteiger partial charge in [0.1, 0.15) is 0 Å². The topological polar surface area (TPSA) is 47.4 Å². The van der Waals surface area contributed by atoms with E-state index in [2.05, 4.69) is 14.5 Å². The zero-order valence-corrected chi connectivity index (χ0v) is 14.1. The minimum absolute atomic E-state index is 0.175. The molecular formula is C16H21N3O2S. The number of ketones is 1. The van der Waals surface area contributed by atoms with Gasteiger partial charge >= 0.3 is 0 Å². The van der Waals surface area contributed by atoms with Gasteiger partial charge in [-0.05, 0) is 26.8 Å². The second-order valence-electron chi connectivity index (χ2n) is 5.70. The van der Waals surface area contributed by atoms with Gasteiger partial charge in [-0.3, -0.25) is 14.3 Å². The van der Waals surface area contributed by atoms with Crippen LogP contribution >= 0.6 is 11.3 Å². The fourth-order valence-electron chi connectivity index (χ4n) is 2.83. The van der Waals surface area contributed by atoms with Crippen LogP contribution < -0.4 is 0 Å². The Balaban J connectivity index is 1.84. The summed E-state index contributed by atoms with van der Waals surface area (Å²) in [5.74, 6) is 0.175. The molecule has 0 bridgehead atoms. The van der Waals surface area contributed by atoms with Crippen molar-refractivity contribution >= 4 is 17.1 Å². The van der Waals surface area contributed by atoms with Gasteiger partial charge in [0, 0.05) is 35.4 Å². The lowest BCUT2D eigenvalue weighted by molar-refractivity contribution is 0.0371. The molecule has 3 heterocycles. The summed E-state index contributed by atoms with van der Waals surface area (Å²) >= 11 is 1.61. The van der Waals surface area contributed by atoms with Crippen molar-refractivity contribution in [3.05, 3.63) is 34.1 Å². The van der Waals surface area contributed by atoms with E-state index in [-0.39, 0.29) is 5.78 Å². The molecule has 1 saturated heterocycles. The molecule has 0 saturated carbocycles. The standard InChI is InChI=1S/C16H21N3O2S/c1-11-10-22-16(17-11)19-12(2)8-14(13(19)3)15(20)9-18-4-6-21-7-5-18/h8,10H,4-7,9H2,1-3H3. The Morgan fingerprint density at radius 1 is 1.32 bits per heavy atom. The Morgan fingerprint density at radius 3 is 2.68 bits per heavy atom. The minimum atomic E-state index is 0.175. The van der Waals surface area contributed by atoms with E-state index >= 15 is 0 Å². The van der Waals surface area contributed by atoms with E-state index in [4.69, 9.17) is 4.74 Å². The quantitative estimate of drug-likeness (QED) is 0.812.